The summed E-state index contributed by atoms with van der Waals surface area (Å²) in [5.41, 5.74) is 0.997. The Bertz CT molecular complexity index is 482. The van der Waals surface area contributed by atoms with Gasteiger partial charge in [-0.15, -0.1) is 5.10 Å². The van der Waals surface area contributed by atoms with Crippen molar-refractivity contribution in [1.29, 1.82) is 0 Å². The molecule has 0 aliphatic heterocycles. The number of nitrogens with one attached hydrogen (secondary N) is 1. The van der Waals surface area contributed by atoms with Crippen LogP contribution in [0.1, 0.15) is 30.0 Å². The molecule has 0 fully saturated rings. The summed E-state index contributed by atoms with van der Waals surface area (Å²) >= 11 is 1.39. The Morgan fingerprint density at radius 1 is 1.50 bits per heavy atom. The van der Waals surface area contributed by atoms with E-state index in [1.165, 1.54) is 11.5 Å². The van der Waals surface area contributed by atoms with Crippen LogP contribution in [0.25, 0.3) is 0 Å². The Morgan fingerprint density at radius 3 is 2.94 bits per heavy atom. The Balaban J connectivity index is 2.36. The molecule has 0 radical (unpaired) electrons. The van der Waals surface area contributed by atoms with Gasteiger partial charge in [-0.05, 0) is 24.5 Å². The van der Waals surface area contributed by atoms with Crippen LogP contribution in [0, 0.1) is 0 Å². The molecule has 0 amide bonds. The molecular formula is C11H17N5OS. The zero-order chi connectivity index (χ0) is 13.0. The Morgan fingerprint density at radius 2 is 2.33 bits per heavy atom. The molecule has 0 bridgehead atoms. The molecule has 18 heavy (non-hydrogen) atoms. The molecule has 1 N–H and O–H groups in total. The fraction of sp³-hybridized carbons (Fsp3) is 0.545. The van der Waals surface area contributed by atoms with Crippen LogP contribution in [0.15, 0.2) is 12.4 Å². The van der Waals surface area contributed by atoms with Crippen LogP contribution in [0.4, 0.5) is 0 Å². The molecule has 0 aromatic carbocycles. The third-order valence-electron chi connectivity index (χ3n) is 2.70. The summed E-state index contributed by atoms with van der Waals surface area (Å²) in [5.74, 6) is 0.777. The van der Waals surface area contributed by atoms with Crippen molar-refractivity contribution in [2.45, 2.75) is 19.4 Å². The van der Waals surface area contributed by atoms with Crippen LogP contribution < -0.4 is 10.1 Å². The van der Waals surface area contributed by atoms with Crippen molar-refractivity contribution in [2.24, 2.45) is 7.05 Å². The molecule has 1 atom stereocenters. The van der Waals surface area contributed by atoms with E-state index in [2.05, 4.69) is 26.9 Å². The normalized spacial score (nSPS) is 12.6. The van der Waals surface area contributed by atoms with E-state index in [9.17, 15) is 0 Å². The number of aryl methyl sites for hydroxylation is 1. The highest BCUT2D eigenvalue weighted by Gasteiger charge is 2.23. The molecule has 2 rings (SSSR count). The lowest BCUT2D eigenvalue weighted by atomic mass is 10.1. The summed E-state index contributed by atoms with van der Waals surface area (Å²) in [4.78, 5) is 1.06. The topological polar surface area (TPSA) is 64.9 Å². The Hall–Kier alpha value is -1.47. The highest BCUT2D eigenvalue weighted by Crippen LogP contribution is 2.30. The minimum absolute atomic E-state index is 0.0207. The van der Waals surface area contributed by atoms with Gasteiger partial charge in [0.05, 0.1) is 30.4 Å². The molecular weight excluding hydrogens is 250 g/mol. The van der Waals surface area contributed by atoms with Crippen LogP contribution in [0.2, 0.25) is 0 Å². The second-order valence-electron chi connectivity index (χ2n) is 3.93. The molecule has 2 heterocycles. The number of hydrogen-bond donors (Lipinski definition) is 1. The van der Waals surface area contributed by atoms with Gasteiger partial charge < -0.3 is 10.1 Å². The quantitative estimate of drug-likeness (QED) is 0.856. The summed E-state index contributed by atoms with van der Waals surface area (Å²) in [7, 11) is 3.56. The zero-order valence-electron chi connectivity index (χ0n) is 10.8. The van der Waals surface area contributed by atoms with Crippen LogP contribution in [-0.2, 0) is 7.05 Å². The summed E-state index contributed by atoms with van der Waals surface area (Å²) in [5, 5.41) is 11.6. The number of methoxy groups -OCH3 is 1. The minimum Gasteiger partial charge on any atom is -0.493 e. The summed E-state index contributed by atoms with van der Waals surface area (Å²) in [6.45, 7) is 3.05. The summed E-state index contributed by atoms with van der Waals surface area (Å²) in [6, 6.07) is 0.0207. The minimum atomic E-state index is 0.0207. The predicted molar refractivity (Wildman–Crippen MR) is 69.8 cm³/mol. The maximum atomic E-state index is 5.37. The SMILES string of the molecule is CCCNC(c1cnns1)c1c(OC)cnn1C. The number of rotatable bonds is 6. The molecule has 0 saturated carbocycles. The van der Waals surface area contributed by atoms with E-state index in [0.717, 1.165) is 29.3 Å². The first-order valence-corrected chi connectivity index (χ1v) is 6.61. The highest BCUT2D eigenvalue weighted by atomic mass is 32.1. The van der Waals surface area contributed by atoms with Gasteiger partial charge >= 0.3 is 0 Å². The Kier molecular flexibility index (Phi) is 4.27. The van der Waals surface area contributed by atoms with Gasteiger partial charge in [-0.1, -0.05) is 11.4 Å². The molecule has 0 aliphatic carbocycles. The number of aromatic nitrogens is 4. The van der Waals surface area contributed by atoms with Crippen LogP contribution in [0.3, 0.4) is 0 Å². The van der Waals surface area contributed by atoms with E-state index in [0.29, 0.717) is 0 Å². The van der Waals surface area contributed by atoms with Gasteiger partial charge in [0, 0.05) is 7.05 Å². The molecule has 2 aromatic heterocycles. The maximum Gasteiger partial charge on any atom is 0.161 e. The number of ether oxygens (including phenoxy) is 1. The van der Waals surface area contributed by atoms with E-state index in [-0.39, 0.29) is 6.04 Å². The molecule has 6 nitrogen and oxygen atoms in total. The second-order valence-corrected chi connectivity index (χ2v) is 4.75. The van der Waals surface area contributed by atoms with Gasteiger partial charge in [0.25, 0.3) is 0 Å². The average Bonchev–Trinajstić information content (AvgIpc) is 3.01. The third-order valence-corrected chi connectivity index (χ3v) is 3.43. The van der Waals surface area contributed by atoms with Crippen molar-refractivity contribution in [3.8, 4) is 5.75 Å². The van der Waals surface area contributed by atoms with Crippen molar-refractivity contribution in [2.75, 3.05) is 13.7 Å². The first-order valence-electron chi connectivity index (χ1n) is 5.84. The van der Waals surface area contributed by atoms with Crippen molar-refractivity contribution >= 4 is 11.5 Å². The van der Waals surface area contributed by atoms with Gasteiger partial charge in [0.2, 0.25) is 0 Å². The predicted octanol–water partition coefficient (Wildman–Crippen LogP) is 1.37. The standard InChI is InChI=1S/C11H17N5OS/c1-4-5-12-10(9-7-13-15-18-9)11-8(17-3)6-14-16(11)2/h6-7,10,12H,4-5H2,1-3H3. The lowest BCUT2D eigenvalue weighted by Gasteiger charge is -2.17. The number of hydrogen-bond acceptors (Lipinski definition) is 6. The molecule has 0 spiro atoms. The van der Waals surface area contributed by atoms with E-state index < -0.39 is 0 Å². The van der Waals surface area contributed by atoms with Crippen molar-refractivity contribution in [1.82, 2.24) is 24.7 Å². The first-order chi connectivity index (χ1) is 8.77. The van der Waals surface area contributed by atoms with E-state index in [1.807, 2.05) is 11.7 Å². The molecule has 0 aliphatic rings. The third kappa shape index (κ3) is 2.51. The van der Waals surface area contributed by atoms with Crippen molar-refractivity contribution in [3.63, 3.8) is 0 Å². The smallest absolute Gasteiger partial charge is 0.161 e. The van der Waals surface area contributed by atoms with Crippen LogP contribution >= 0.6 is 11.5 Å². The molecule has 2 aromatic rings. The van der Waals surface area contributed by atoms with Gasteiger partial charge in [-0.2, -0.15) is 5.10 Å². The lowest BCUT2D eigenvalue weighted by Crippen LogP contribution is -2.25. The Labute approximate surface area is 110 Å². The highest BCUT2D eigenvalue weighted by molar-refractivity contribution is 7.05. The van der Waals surface area contributed by atoms with Gasteiger partial charge in [-0.25, -0.2) is 0 Å². The number of nitrogens with zero attached hydrogens (tertiary/aromatic N) is 4. The fourth-order valence-corrected chi connectivity index (χ4v) is 2.42. The summed E-state index contributed by atoms with van der Waals surface area (Å²) < 4.78 is 11.1. The largest absolute Gasteiger partial charge is 0.493 e. The second kappa shape index (κ2) is 5.92. The van der Waals surface area contributed by atoms with E-state index in [4.69, 9.17) is 4.74 Å². The molecule has 98 valence electrons. The maximum absolute atomic E-state index is 5.37. The van der Waals surface area contributed by atoms with Crippen molar-refractivity contribution in [3.05, 3.63) is 23.0 Å². The van der Waals surface area contributed by atoms with E-state index >= 15 is 0 Å². The average molecular weight is 267 g/mol. The molecule has 1 unspecified atom stereocenters. The van der Waals surface area contributed by atoms with Crippen molar-refractivity contribution < 1.29 is 4.74 Å². The van der Waals surface area contributed by atoms with Gasteiger partial charge in [0.15, 0.2) is 5.75 Å². The van der Waals surface area contributed by atoms with Gasteiger partial charge in [-0.3, -0.25) is 4.68 Å². The lowest BCUT2D eigenvalue weighted by molar-refractivity contribution is 0.401. The molecule has 7 heteroatoms. The van der Waals surface area contributed by atoms with Crippen LogP contribution in [-0.4, -0.2) is 33.0 Å². The molecule has 0 saturated heterocycles. The van der Waals surface area contributed by atoms with Crippen LogP contribution in [0.5, 0.6) is 5.75 Å². The summed E-state index contributed by atoms with van der Waals surface area (Å²) in [6.07, 6.45) is 4.57. The zero-order valence-corrected chi connectivity index (χ0v) is 11.6. The monoisotopic (exact) mass is 267 g/mol. The van der Waals surface area contributed by atoms with Gasteiger partial charge in [0.1, 0.15) is 5.69 Å². The van der Waals surface area contributed by atoms with E-state index in [1.54, 1.807) is 19.5 Å². The first kappa shape index (κ1) is 13.0. The fourth-order valence-electron chi connectivity index (χ4n) is 1.84.